The lowest BCUT2D eigenvalue weighted by Crippen LogP contribution is -2.44. The van der Waals surface area contributed by atoms with E-state index >= 15 is 0 Å². The minimum Gasteiger partial charge on any atom is -0.373 e. The van der Waals surface area contributed by atoms with Crippen LogP contribution in [0.5, 0.6) is 0 Å². The number of aromatic nitrogens is 1. The van der Waals surface area contributed by atoms with Crippen molar-refractivity contribution in [1.82, 2.24) is 9.88 Å². The van der Waals surface area contributed by atoms with Gasteiger partial charge in [-0.25, -0.2) is 4.98 Å². The number of rotatable bonds is 6. The number of carbonyl (C=O) groups is 1. The van der Waals surface area contributed by atoms with Gasteiger partial charge in [-0.1, -0.05) is 0 Å². The molecule has 2 heterocycles. The molecular weight excluding hydrogens is 300 g/mol. The van der Waals surface area contributed by atoms with Crippen LogP contribution in [0.1, 0.15) is 39.3 Å². The smallest absolute Gasteiger partial charge is 0.226 e. The molecule has 3 atom stereocenters. The predicted molar refractivity (Wildman–Crippen MR) is 88.9 cm³/mol. The molecule has 6 nitrogen and oxygen atoms in total. The van der Waals surface area contributed by atoms with E-state index in [9.17, 15) is 4.79 Å². The van der Waals surface area contributed by atoms with Crippen LogP contribution < -0.4 is 11.1 Å². The number of amides is 1. The molecule has 22 heavy (non-hydrogen) atoms. The summed E-state index contributed by atoms with van der Waals surface area (Å²) in [6, 6.07) is 0.0444. The summed E-state index contributed by atoms with van der Waals surface area (Å²) in [5.74, 6) is -0.0215. The second kappa shape index (κ2) is 8.01. The van der Waals surface area contributed by atoms with Gasteiger partial charge in [0.1, 0.15) is 0 Å². The molecule has 0 aliphatic carbocycles. The molecular formula is C15H26N4O2S. The van der Waals surface area contributed by atoms with Crippen molar-refractivity contribution in [3.05, 3.63) is 11.1 Å². The lowest BCUT2D eigenvalue weighted by molar-refractivity contribution is -0.116. The maximum absolute atomic E-state index is 11.8. The van der Waals surface area contributed by atoms with Crippen molar-refractivity contribution in [3.8, 4) is 0 Å². The monoisotopic (exact) mass is 326 g/mol. The third-order valence-electron chi connectivity index (χ3n) is 3.51. The Labute approximate surface area is 136 Å². The Morgan fingerprint density at radius 3 is 2.86 bits per heavy atom. The Morgan fingerprint density at radius 1 is 1.55 bits per heavy atom. The van der Waals surface area contributed by atoms with Crippen LogP contribution in [0.3, 0.4) is 0 Å². The van der Waals surface area contributed by atoms with Crippen LogP contribution in [0.15, 0.2) is 5.38 Å². The van der Waals surface area contributed by atoms with Crippen molar-refractivity contribution in [3.63, 3.8) is 0 Å². The highest BCUT2D eigenvalue weighted by molar-refractivity contribution is 7.13. The number of anilines is 1. The molecule has 1 fully saturated rings. The van der Waals surface area contributed by atoms with E-state index in [0.29, 0.717) is 18.0 Å². The van der Waals surface area contributed by atoms with Crippen LogP contribution in [-0.4, -0.2) is 47.1 Å². The van der Waals surface area contributed by atoms with Crippen LogP contribution in [0, 0.1) is 0 Å². The Bertz CT molecular complexity index is 482. The third kappa shape index (κ3) is 5.64. The zero-order valence-electron chi connectivity index (χ0n) is 13.5. The second-order valence-electron chi connectivity index (χ2n) is 6.16. The quantitative estimate of drug-likeness (QED) is 0.833. The zero-order valence-corrected chi connectivity index (χ0v) is 14.4. The molecule has 1 aromatic heterocycles. The molecule has 0 spiro atoms. The molecule has 2 rings (SSSR count). The number of nitrogens with two attached hydrogens (primary N) is 1. The number of morpholine rings is 1. The maximum atomic E-state index is 11.8. The van der Waals surface area contributed by atoms with Gasteiger partial charge in [0.05, 0.1) is 17.9 Å². The number of hydrogen-bond donors (Lipinski definition) is 2. The molecule has 3 N–H and O–H groups in total. The Balaban J connectivity index is 1.82. The normalized spacial score (nSPS) is 24.2. The first kappa shape index (κ1) is 17.3. The topological polar surface area (TPSA) is 80.5 Å². The van der Waals surface area contributed by atoms with Crippen molar-refractivity contribution in [2.45, 2.75) is 58.4 Å². The van der Waals surface area contributed by atoms with Crippen molar-refractivity contribution in [2.24, 2.45) is 5.73 Å². The highest BCUT2D eigenvalue weighted by Crippen LogP contribution is 2.19. The van der Waals surface area contributed by atoms with Gasteiger partial charge in [0.2, 0.25) is 5.91 Å². The van der Waals surface area contributed by atoms with Crippen molar-refractivity contribution < 1.29 is 9.53 Å². The molecule has 1 saturated heterocycles. The Morgan fingerprint density at radius 2 is 2.23 bits per heavy atom. The average molecular weight is 326 g/mol. The summed E-state index contributed by atoms with van der Waals surface area (Å²) < 4.78 is 5.73. The molecule has 1 aliphatic heterocycles. The number of ether oxygens (including phenoxy) is 1. The maximum Gasteiger partial charge on any atom is 0.226 e. The molecule has 0 radical (unpaired) electrons. The van der Waals surface area contributed by atoms with Gasteiger partial charge in [0.15, 0.2) is 5.13 Å². The summed E-state index contributed by atoms with van der Waals surface area (Å²) in [6.45, 7) is 8.71. The van der Waals surface area contributed by atoms with E-state index in [4.69, 9.17) is 10.5 Å². The van der Waals surface area contributed by atoms with Gasteiger partial charge < -0.3 is 15.8 Å². The molecule has 0 aromatic carbocycles. The lowest BCUT2D eigenvalue weighted by atomic mass is 10.2. The molecule has 0 saturated carbocycles. The summed E-state index contributed by atoms with van der Waals surface area (Å²) in [4.78, 5) is 18.6. The van der Waals surface area contributed by atoms with Crippen molar-refractivity contribution in [1.29, 1.82) is 0 Å². The minimum absolute atomic E-state index is 0.0215. The standard InChI is InChI=1S/C15H26N4O2S/c1-10(16)4-5-14(20)18-15-17-13(9-22-15)8-19-6-11(2)21-12(3)7-19/h9-12H,4-8,16H2,1-3H3,(H,17,18,20). The largest absolute Gasteiger partial charge is 0.373 e. The van der Waals surface area contributed by atoms with Gasteiger partial charge in [0.25, 0.3) is 0 Å². The molecule has 1 aliphatic rings. The predicted octanol–water partition coefficient (Wildman–Crippen LogP) is 1.82. The number of hydrogen-bond acceptors (Lipinski definition) is 6. The Kier molecular flexibility index (Phi) is 6.31. The van der Waals surface area contributed by atoms with E-state index in [1.54, 1.807) is 0 Å². The lowest BCUT2D eigenvalue weighted by Gasteiger charge is -2.34. The second-order valence-corrected chi connectivity index (χ2v) is 7.02. The van der Waals surface area contributed by atoms with E-state index in [0.717, 1.165) is 25.3 Å². The van der Waals surface area contributed by atoms with Gasteiger partial charge in [-0.15, -0.1) is 11.3 Å². The van der Waals surface area contributed by atoms with Gasteiger partial charge in [-0.2, -0.15) is 0 Å². The van der Waals surface area contributed by atoms with Gasteiger partial charge in [0, 0.05) is 37.5 Å². The molecule has 3 unspecified atom stereocenters. The van der Waals surface area contributed by atoms with E-state index in [-0.39, 0.29) is 24.2 Å². The third-order valence-corrected chi connectivity index (χ3v) is 4.31. The van der Waals surface area contributed by atoms with Crippen molar-refractivity contribution in [2.75, 3.05) is 18.4 Å². The number of thiazole rings is 1. The fraction of sp³-hybridized carbons (Fsp3) is 0.733. The summed E-state index contributed by atoms with van der Waals surface area (Å²) >= 11 is 1.47. The average Bonchev–Trinajstić information content (AvgIpc) is 2.82. The number of nitrogens with zero attached hydrogens (tertiary/aromatic N) is 2. The van der Waals surface area contributed by atoms with Gasteiger partial charge >= 0.3 is 0 Å². The van der Waals surface area contributed by atoms with E-state index in [1.165, 1.54) is 11.3 Å². The first-order valence-electron chi connectivity index (χ1n) is 7.80. The van der Waals surface area contributed by atoms with E-state index in [1.807, 2.05) is 12.3 Å². The minimum atomic E-state index is -0.0215. The van der Waals surface area contributed by atoms with E-state index in [2.05, 4.69) is 29.0 Å². The number of carbonyl (C=O) groups excluding carboxylic acids is 1. The first-order valence-corrected chi connectivity index (χ1v) is 8.68. The highest BCUT2D eigenvalue weighted by Gasteiger charge is 2.22. The van der Waals surface area contributed by atoms with Crippen LogP contribution >= 0.6 is 11.3 Å². The van der Waals surface area contributed by atoms with Gasteiger partial charge in [-0.3, -0.25) is 9.69 Å². The highest BCUT2D eigenvalue weighted by atomic mass is 32.1. The summed E-state index contributed by atoms with van der Waals surface area (Å²) in [7, 11) is 0. The summed E-state index contributed by atoms with van der Waals surface area (Å²) in [6.07, 6.45) is 1.62. The molecule has 1 aromatic rings. The molecule has 7 heteroatoms. The van der Waals surface area contributed by atoms with E-state index < -0.39 is 0 Å². The summed E-state index contributed by atoms with van der Waals surface area (Å²) in [5.41, 5.74) is 6.65. The van der Waals surface area contributed by atoms with Crippen LogP contribution in [0.25, 0.3) is 0 Å². The molecule has 124 valence electrons. The zero-order chi connectivity index (χ0) is 16.1. The fourth-order valence-electron chi connectivity index (χ4n) is 2.62. The van der Waals surface area contributed by atoms with Crippen LogP contribution in [-0.2, 0) is 16.1 Å². The SMILES string of the molecule is CC(N)CCC(=O)Nc1nc(CN2CC(C)OC(C)C2)cs1. The Hall–Kier alpha value is -1.02. The van der Waals surface area contributed by atoms with Crippen LogP contribution in [0.2, 0.25) is 0 Å². The molecule has 1 amide bonds. The van der Waals surface area contributed by atoms with Gasteiger partial charge in [-0.05, 0) is 27.2 Å². The van der Waals surface area contributed by atoms with Crippen molar-refractivity contribution >= 4 is 22.4 Å². The first-order chi connectivity index (χ1) is 10.4. The number of nitrogens with one attached hydrogen (secondary N) is 1. The fourth-order valence-corrected chi connectivity index (χ4v) is 3.34. The summed E-state index contributed by atoms with van der Waals surface area (Å²) in [5, 5.41) is 5.51. The van der Waals surface area contributed by atoms with Crippen LogP contribution in [0.4, 0.5) is 5.13 Å². The molecule has 0 bridgehead atoms.